The normalized spacial score (nSPS) is 25.9. The Morgan fingerprint density at radius 2 is 2.22 bits per heavy atom. The zero-order chi connectivity index (χ0) is 12.4. The Morgan fingerprint density at radius 1 is 1.39 bits per heavy atom. The lowest BCUT2D eigenvalue weighted by Gasteiger charge is -2.21. The molecule has 2 fully saturated rings. The third-order valence-electron chi connectivity index (χ3n) is 3.46. The first kappa shape index (κ1) is 12.3. The first-order chi connectivity index (χ1) is 8.76. The molecule has 0 amide bonds. The van der Waals surface area contributed by atoms with E-state index in [2.05, 4.69) is 4.98 Å². The largest absolute Gasteiger partial charge is 0.397 e. The van der Waals surface area contributed by atoms with Crippen LogP contribution in [0.15, 0.2) is 23.4 Å². The standard InChI is InChI=1S/C13H18N2O2S/c14-10-3-4-12(15-7-10)18-9-11-8-16-13(17-11)5-1-2-6-13/h3-4,7,11H,1-2,5-6,8-9,14H2. The molecule has 1 saturated heterocycles. The molecule has 2 aliphatic rings. The van der Waals surface area contributed by atoms with Crippen molar-refractivity contribution in [3.63, 3.8) is 0 Å². The van der Waals surface area contributed by atoms with Crippen molar-refractivity contribution in [3.8, 4) is 0 Å². The molecule has 1 aromatic heterocycles. The van der Waals surface area contributed by atoms with E-state index in [9.17, 15) is 0 Å². The highest BCUT2D eigenvalue weighted by molar-refractivity contribution is 7.99. The highest BCUT2D eigenvalue weighted by Crippen LogP contribution is 2.40. The average Bonchev–Trinajstić information content (AvgIpc) is 3.00. The highest BCUT2D eigenvalue weighted by Gasteiger charge is 2.43. The van der Waals surface area contributed by atoms with Crippen LogP contribution in [-0.4, -0.2) is 29.2 Å². The molecular weight excluding hydrogens is 248 g/mol. The van der Waals surface area contributed by atoms with Crippen molar-refractivity contribution >= 4 is 17.4 Å². The van der Waals surface area contributed by atoms with Crippen LogP contribution in [0, 0.1) is 0 Å². The predicted octanol–water partition coefficient (Wildman–Crippen LogP) is 2.44. The van der Waals surface area contributed by atoms with Gasteiger partial charge in [-0.2, -0.15) is 0 Å². The number of aromatic nitrogens is 1. The van der Waals surface area contributed by atoms with E-state index >= 15 is 0 Å². The first-order valence-electron chi connectivity index (χ1n) is 6.42. The number of pyridine rings is 1. The van der Waals surface area contributed by atoms with Gasteiger partial charge in [0.25, 0.3) is 0 Å². The van der Waals surface area contributed by atoms with Crippen LogP contribution < -0.4 is 5.73 Å². The predicted molar refractivity (Wildman–Crippen MR) is 71.4 cm³/mol. The Hall–Kier alpha value is -0.780. The molecule has 1 saturated carbocycles. The summed E-state index contributed by atoms with van der Waals surface area (Å²) in [6.07, 6.45) is 6.42. The molecule has 2 N–H and O–H groups in total. The van der Waals surface area contributed by atoms with Crippen LogP contribution in [0.2, 0.25) is 0 Å². The molecule has 0 radical (unpaired) electrons. The molecule has 1 aliphatic carbocycles. The van der Waals surface area contributed by atoms with Crippen molar-refractivity contribution in [2.75, 3.05) is 18.1 Å². The van der Waals surface area contributed by atoms with Gasteiger partial charge < -0.3 is 15.2 Å². The maximum Gasteiger partial charge on any atom is 0.168 e. The van der Waals surface area contributed by atoms with Crippen LogP contribution in [0.1, 0.15) is 25.7 Å². The van der Waals surface area contributed by atoms with E-state index in [0.29, 0.717) is 12.3 Å². The fraction of sp³-hybridized carbons (Fsp3) is 0.615. The number of hydrogen-bond donors (Lipinski definition) is 1. The molecule has 1 atom stereocenters. The minimum atomic E-state index is -0.250. The van der Waals surface area contributed by atoms with Crippen molar-refractivity contribution in [1.82, 2.24) is 4.98 Å². The van der Waals surface area contributed by atoms with Crippen LogP contribution in [0.5, 0.6) is 0 Å². The van der Waals surface area contributed by atoms with Crippen molar-refractivity contribution in [2.24, 2.45) is 0 Å². The summed E-state index contributed by atoms with van der Waals surface area (Å²) in [4.78, 5) is 4.27. The van der Waals surface area contributed by atoms with E-state index in [1.165, 1.54) is 12.8 Å². The molecule has 2 heterocycles. The first-order valence-corrected chi connectivity index (χ1v) is 7.40. The molecular formula is C13H18N2O2S. The van der Waals surface area contributed by atoms with Gasteiger partial charge in [-0.3, -0.25) is 0 Å². The van der Waals surface area contributed by atoms with Gasteiger partial charge in [-0.05, 0) is 25.0 Å². The second-order valence-electron chi connectivity index (χ2n) is 4.91. The molecule has 0 bridgehead atoms. The van der Waals surface area contributed by atoms with Crippen molar-refractivity contribution < 1.29 is 9.47 Å². The second-order valence-corrected chi connectivity index (χ2v) is 5.95. The van der Waals surface area contributed by atoms with Gasteiger partial charge in [-0.1, -0.05) is 0 Å². The minimum Gasteiger partial charge on any atom is -0.397 e. The topological polar surface area (TPSA) is 57.4 Å². The average molecular weight is 266 g/mol. The van der Waals surface area contributed by atoms with Gasteiger partial charge in [0.2, 0.25) is 0 Å². The van der Waals surface area contributed by atoms with Crippen LogP contribution in [0.3, 0.4) is 0 Å². The lowest BCUT2D eigenvalue weighted by Crippen LogP contribution is -2.27. The van der Waals surface area contributed by atoms with Gasteiger partial charge in [-0.15, -0.1) is 11.8 Å². The third kappa shape index (κ3) is 2.63. The smallest absolute Gasteiger partial charge is 0.168 e. The molecule has 0 aromatic carbocycles. The van der Waals surface area contributed by atoms with Crippen molar-refractivity contribution in [2.45, 2.75) is 42.6 Å². The summed E-state index contributed by atoms with van der Waals surface area (Å²) in [7, 11) is 0. The van der Waals surface area contributed by atoms with Crippen LogP contribution in [-0.2, 0) is 9.47 Å². The Morgan fingerprint density at radius 3 is 2.94 bits per heavy atom. The third-order valence-corrected chi connectivity index (χ3v) is 4.53. The molecule has 1 aliphatic heterocycles. The molecule has 4 nitrogen and oxygen atoms in total. The number of anilines is 1. The molecule has 3 rings (SSSR count). The second kappa shape index (κ2) is 5.07. The summed E-state index contributed by atoms with van der Waals surface area (Å²) in [6, 6.07) is 3.82. The molecule has 1 aromatic rings. The van der Waals surface area contributed by atoms with Gasteiger partial charge in [0.15, 0.2) is 5.79 Å². The minimum absolute atomic E-state index is 0.187. The van der Waals surface area contributed by atoms with Crippen LogP contribution in [0.25, 0.3) is 0 Å². The van der Waals surface area contributed by atoms with Crippen LogP contribution in [0.4, 0.5) is 5.69 Å². The van der Waals surface area contributed by atoms with E-state index in [1.54, 1.807) is 18.0 Å². The van der Waals surface area contributed by atoms with E-state index in [1.807, 2.05) is 12.1 Å². The van der Waals surface area contributed by atoms with E-state index in [0.717, 1.165) is 23.6 Å². The zero-order valence-corrected chi connectivity index (χ0v) is 11.1. The lowest BCUT2D eigenvalue weighted by atomic mass is 10.2. The Bertz CT molecular complexity index is 404. The number of rotatable bonds is 3. The fourth-order valence-electron chi connectivity index (χ4n) is 2.53. The Labute approximate surface area is 111 Å². The molecule has 1 spiro atoms. The van der Waals surface area contributed by atoms with Gasteiger partial charge in [0.1, 0.15) is 0 Å². The Kier molecular flexibility index (Phi) is 3.46. The quantitative estimate of drug-likeness (QED) is 0.852. The Balaban J connectivity index is 1.51. The summed E-state index contributed by atoms with van der Waals surface area (Å²) in [5.74, 6) is 0.637. The summed E-state index contributed by atoms with van der Waals surface area (Å²) in [5, 5.41) is 0.986. The van der Waals surface area contributed by atoms with Crippen molar-refractivity contribution in [3.05, 3.63) is 18.3 Å². The molecule has 98 valence electrons. The zero-order valence-electron chi connectivity index (χ0n) is 10.3. The van der Waals surface area contributed by atoms with Gasteiger partial charge >= 0.3 is 0 Å². The number of hydrogen-bond acceptors (Lipinski definition) is 5. The van der Waals surface area contributed by atoms with Crippen molar-refractivity contribution in [1.29, 1.82) is 0 Å². The number of nitrogens with zero attached hydrogens (tertiary/aromatic N) is 1. The summed E-state index contributed by atoms with van der Waals surface area (Å²) >= 11 is 1.70. The number of nitrogens with two attached hydrogens (primary N) is 1. The van der Waals surface area contributed by atoms with E-state index in [4.69, 9.17) is 15.2 Å². The number of nitrogen functional groups attached to an aromatic ring is 1. The van der Waals surface area contributed by atoms with Gasteiger partial charge in [0.05, 0.1) is 29.6 Å². The maximum absolute atomic E-state index is 6.06. The van der Waals surface area contributed by atoms with E-state index < -0.39 is 0 Å². The van der Waals surface area contributed by atoms with Gasteiger partial charge in [0, 0.05) is 18.6 Å². The lowest BCUT2D eigenvalue weighted by molar-refractivity contribution is -0.159. The molecule has 18 heavy (non-hydrogen) atoms. The van der Waals surface area contributed by atoms with Crippen LogP contribution >= 0.6 is 11.8 Å². The van der Waals surface area contributed by atoms with E-state index in [-0.39, 0.29) is 11.9 Å². The summed E-state index contributed by atoms with van der Waals surface area (Å²) in [5.41, 5.74) is 6.31. The van der Waals surface area contributed by atoms with Gasteiger partial charge in [-0.25, -0.2) is 4.98 Å². The number of ether oxygens (including phenoxy) is 2. The molecule has 1 unspecified atom stereocenters. The number of thioether (sulfide) groups is 1. The fourth-order valence-corrected chi connectivity index (χ4v) is 3.34. The highest BCUT2D eigenvalue weighted by atomic mass is 32.2. The summed E-state index contributed by atoms with van der Waals surface area (Å²) < 4.78 is 11.9. The SMILES string of the molecule is Nc1ccc(SCC2COC3(CCCC3)O2)nc1. The molecule has 5 heteroatoms. The maximum atomic E-state index is 6.06. The summed E-state index contributed by atoms with van der Waals surface area (Å²) in [6.45, 7) is 0.710. The monoisotopic (exact) mass is 266 g/mol.